The Morgan fingerprint density at radius 2 is 2.10 bits per heavy atom. The van der Waals surface area contributed by atoms with Crippen LogP contribution in [0.1, 0.15) is 29.2 Å². The molecule has 1 aromatic carbocycles. The molecule has 2 rings (SSSR count). The van der Waals surface area contributed by atoms with Crippen LogP contribution in [-0.2, 0) is 4.74 Å². The summed E-state index contributed by atoms with van der Waals surface area (Å²) in [5.41, 5.74) is 1.62. The van der Waals surface area contributed by atoms with Crippen molar-refractivity contribution in [2.24, 2.45) is 0 Å². The molecule has 0 spiro atoms. The van der Waals surface area contributed by atoms with E-state index in [4.69, 9.17) is 9.47 Å². The van der Waals surface area contributed by atoms with Crippen molar-refractivity contribution >= 4 is 17.3 Å². The smallest absolute Gasteiger partial charge is 0.349 e. The zero-order chi connectivity index (χ0) is 14.7. The molecule has 0 amide bonds. The normalized spacial score (nSPS) is 10.7. The molecule has 1 aromatic heterocycles. The first-order valence-electron chi connectivity index (χ1n) is 6.34. The van der Waals surface area contributed by atoms with Crippen LogP contribution in [0.15, 0.2) is 24.3 Å². The molecular weight excluding hydrogens is 274 g/mol. The fourth-order valence-electron chi connectivity index (χ4n) is 1.78. The summed E-state index contributed by atoms with van der Waals surface area (Å²) in [4.78, 5) is 16.6. The van der Waals surface area contributed by atoms with E-state index < -0.39 is 0 Å². The van der Waals surface area contributed by atoms with Crippen molar-refractivity contribution in [2.45, 2.75) is 26.9 Å². The first-order valence-corrected chi connectivity index (χ1v) is 7.15. The molecule has 4 nitrogen and oxygen atoms in total. The molecule has 1 heterocycles. The fourth-order valence-corrected chi connectivity index (χ4v) is 2.76. The highest BCUT2D eigenvalue weighted by Gasteiger charge is 2.16. The Morgan fingerprint density at radius 3 is 2.75 bits per heavy atom. The van der Waals surface area contributed by atoms with E-state index in [-0.39, 0.29) is 12.1 Å². The number of aryl methyl sites for hydroxylation is 1. The Morgan fingerprint density at radius 1 is 1.35 bits per heavy atom. The van der Waals surface area contributed by atoms with Gasteiger partial charge in [-0.05, 0) is 32.9 Å². The maximum absolute atomic E-state index is 11.6. The van der Waals surface area contributed by atoms with Crippen LogP contribution >= 0.6 is 11.3 Å². The second-order valence-corrected chi connectivity index (χ2v) is 5.62. The summed E-state index contributed by atoms with van der Waals surface area (Å²) in [6.07, 6.45) is 0.119. The number of carbonyl (C=O) groups excluding carboxylic acids is 1. The topological polar surface area (TPSA) is 48.4 Å². The summed E-state index contributed by atoms with van der Waals surface area (Å²) < 4.78 is 10.4. The maximum Gasteiger partial charge on any atom is 0.349 e. The quantitative estimate of drug-likeness (QED) is 0.806. The van der Waals surface area contributed by atoms with Crippen molar-refractivity contribution < 1.29 is 14.3 Å². The molecule has 0 N–H and O–H groups in total. The van der Waals surface area contributed by atoms with Gasteiger partial charge in [-0.1, -0.05) is 12.1 Å². The van der Waals surface area contributed by atoms with Crippen molar-refractivity contribution in [3.8, 4) is 16.3 Å². The standard InChI is InChI=1S/C15H17NO3S/c1-9(2)19-12-7-5-6-11(8-12)14-16-10(3)13(20-14)15(17)18-4/h5-9H,1-4H3. The average Bonchev–Trinajstić information content (AvgIpc) is 2.79. The van der Waals surface area contributed by atoms with Crippen LogP contribution in [0.5, 0.6) is 5.75 Å². The average molecular weight is 291 g/mol. The molecule has 0 saturated carbocycles. The summed E-state index contributed by atoms with van der Waals surface area (Å²) >= 11 is 1.33. The van der Waals surface area contributed by atoms with Gasteiger partial charge in [0.15, 0.2) is 0 Å². The van der Waals surface area contributed by atoms with E-state index in [9.17, 15) is 4.79 Å². The van der Waals surface area contributed by atoms with Gasteiger partial charge >= 0.3 is 5.97 Å². The van der Waals surface area contributed by atoms with Crippen LogP contribution in [0, 0.1) is 6.92 Å². The van der Waals surface area contributed by atoms with Gasteiger partial charge in [-0.3, -0.25) is 0 Å². The SMILES string of the molecule is COC(=O)c1sc(-c2cccc(OC(C)C)c2)nc1C. The maximum atomic E-state index is 11.6. The molecule has 0 saturated heterocycles. The minimum Gasteiger partial charge on any atom is -0.491 e. The predicted molar refractivity (Wildman–Crippen MR) is 79.4 cm³/mol. The molecule has 0 aliphatic rings. The zero-order valence-corrected chi connectivity index (χ0v) is 12.8. The van der Waals surface area contributed by atoms with Crippen LogP contribution in [0.25, 0.3) is 10.6 Å². The molecule has 0 bridgehead atoms. The van der Waals surface area contributed by atoms with E-state index in [1.165, 1.54) is 18.4 Å². The zero-order valence-electron chi connectivity index (χ0n) is 12.0. The van der Waals surface area contributed by atoms with Crippen LogP contribution in [0.2, 0.25) is 0 Å². The van der Waals surface area contributed by atoms with Crippen LogP contribution in [0.4, 0.5) is 0 Å². The van der Waals surface area contributed by atoms with Crippen molar-refractivity contribution in [3.63, 3.8) is 0 Å². The summed E-state index contributed by atoms with van der Waals surface area (Å²) in [5.74, 6) is 0.450. The molecule has 0 unspecified atom stereocenters. The van der Waals surface area contributed by atoms with E-state index in [0.717, 1.165) is 16.3 Å². The highest BCUT2D eigenvalue weighted by molar-refractivity contribution is 7.17. The number of thiazole rings is 1. The molecule has 0 atom stereocenters. The summed E-state index contributed by atoms with van der Waals surface area (Å²) in [6, 6.07) is 7.71. The van der Waals surface area contributed by atoms with E-state index in [0.29, 0.717) is 10.6 Å². The Kier molecular flexibility index (Phi) is 4.39. The summed E-state index contributed by atoms with van der Waals surface area (Å²) in [7, 11) is 1.37. The number of nitrogens with zero attached hydrogens (tertiary/aromatic N) is 1. The van der Waals surface area contributed by atoms with E-state index in [1.807, 2.05) is 38.1 Å². The number of carbonyl (C=O) groups is 1. The van der Waals surface area contributed by atoms with Crippen molar-refractivity contribution in [2.75, 3.05) is 7.11 Å². The number of hydrogen-bond donors (Lipinski definition) is 0. The highest BCUT2D eigenvalue weighted by atomic mass is 32.1. The van der Waals surface area contributed by atoms with Gasteiger partial charge in [0.2, 0.25) is 0 Å². The number of rotatable bonds is 4. The third-order valence-corrected chi connectivity index (χ3v) is 3.81. The number of hydrogen-bond acceptors (Lipinski definition) is 5. The lowest BCUT2D eigenvalue weighted by Gasteiger charge is -2.09. The molecule has 0 radical (unpaired) electrons. The van der Waals surface area contributed by atoms with Gasteiger partial charge in [0.25, 0.3) is 0 Å². The molecule has 106 valence electrons. The number of methoxy groups -OCH3 is 1. The second-order valence-electron chi connectivity index (χ2n) is 4.62. The molecule has 5 heteroatoms. The highest BCUT2D eigenvalue weighted by Crippen LogP contribution is 2.30. The lowest BCUT2D eigenvalue weighted by molar-refractivity contribution is 0.0605. The van der Waals surface area contributed by atoms with Crippen LogP contribution in [-0.4, -0.2) is 24.2 Å². The minimum absolute atomic E-state index is 0.119. The van der Waals surface area contributed by atoms with Gasteiger partial charge < -0.3 is 9.47 Å². The summed E-state index contributed by atoms with van der Waals surface area (Å²) in [6.45, 7) is 5.77. The Bertz CT molecular complexity index is 619. The third-order valence-electron chi connectivity index (χ3n) is 2.62. The monoisotopic (exact) mass is 291 g/mol. The number of benzene rings is 1. The number of aromatic nitrogens is 1. The Labute approximate surface area is 122 Å². The fraction of sp³-hybridized carbons (Fsp3) is 0.333. The number of esters is 1. The van der Waals surface area contributed by atoms with Crippen LogP contribution < -0.4 is 4.74 Å². The molecule has 2 aromatic rings. The lowest BCUT2D eigenvalue weighted by atomic mass is 10.2. The largest absolute Gasteiger partial charge is 0.491 e. The van der Waals surface area contributed by atoms with Gasteiger partial charge in [-0.25, -0.2) is 9.78 Å². The molecule has 20 heavy (non-hydrogen) atoms. The molecule has 0 aliphatic heterocycles. The predicted octanol–water partition coefficient (Wildman–Crippen LogP) is 3.69. The lowest BCUT2D eigenvalue weighted by Crippen LogP contribution is -2.05. The van der Waals surface area contributed by atoms with Crippen molar-refractivity contribution in [3.05, 3.63) is 34.8 Å². The van der Waals surface area contributed by atoms with E-state index >= 15 is 0 Å². The van der Waals surface area contributed by atoms with Gasteiger partial charge in [0.05, 0.1) is 18.9 Å². The van der Waals surface area contributed by atoms with Crippen molar-refractivity contribution in [1.29, 1.82) is 0 Å². The first-order chi connectivity index (χ1) is 9.51. The number of ether oxygens (including phenoxy) is 2. The van der Waals surface area contributed by atoms with Crippen LogP contribution in [0.3, 0.4) is 0 Å². The van der Waals surface area contributed by atoms with Crippen molar-refractivity contribution in [1.82, 2.24) is 4.98 Å². The Balaban J connectivity index is 2.34. The van der Waals surface area contributed by atoms with Gasteiger partial charge in [-0.15, -0.1) is 11.3 Å². The van der Waals surface area contributed by atoms with E-state index in [2.05, 4.69) is 4.98 Å². The van der Waals surface area contributed by atoms with Gasteiger partial charge in [0, 0.05) is 5.56 Å². The van der Waals surface area contributed by atoms with Gasteiger partial charge in [-0.2, -0.15) is 0 Å². The molecule has 0 fully saturated rings. The second kappa shape index (κ2) is 6.05. The third kappa shape index (κ3) is 3.17. The first kappa shape index (κ1) is 14.5. The minimum atomic E-state index is -0.346. The van der Waals surface area contributed by atoms with E-state index in [1.54, 1.807) is 6.92 Å². The van der Waals surface area contributed by atoms with Gasteiger partial charge in [0.1, 0.15) is 15.6 Å². The molecular formula is C15H17NO3S. The Hall–Kier alpha value is -1.88. The summed E-state index contributed by atoms with van der Waals surface area (Å²) in [5, 5.41) is 0.789. The molecule has 0 aliphatic carbocycles.